The van der Waals surface area contributed by atoms with E-state index in [4.69, 9.17) is 9.84 Å². The van der Waals surface area contributed by atoms with Crippen molar-refractivity contribution in [3.05, 3.63) is 62.7 Å². The molecule has 0 bridgehead atoms. The summed E-state index contributed by atoms with van der Waals surface area (Å²) in [6.07, 6.45) is -0.0274. The van der Waals surface area contributed by atoms with Crippen LogP contribution in [0.2, 0.25) is 0 Å². The van der Waals surface area contributed by atoms with Gasteiger partial charge in [0, 0.05) is 9.13 Å². The van der Waals surface area contributed by atoms with E-state index in [0.29, 0.717) is 17.9 Å². The van der Waals surface area contributed by atoms with Gasteiger partial charge >= 0.3 is 5.97 Å². The van der Waals surface area contributed by atoms with E-state index in [2.05, 4.69) is 22.6 Å². The van der Waals surface area contributed by atoms with Gasteiger partial charge in [-0.15, -0.1) is 0 Å². The number of carboxylic acids is 1. The number of carbonyl (C=O) groups excluding carboxylic acids is 1. The van der Waals surface area contributed by atoms with Gasteiger partial charge in [-0.2, -0.15) is 0 Å². The van der Waals surface area contributed by atoms with E-state index in [1.54, 1.807) is 24.3 Å². The molecule has 0 heterocycles. The normalized spacial score (nSPS) is 10.3. The molecule has 0 atom stereocenters. The summed E-state index contributed by atoms with van der Waals surface area (Å²) in [7, 11) is 0. The van der Waals surface area contributed by atoms with Crippen LogP contribution in [0.25, 0.3) is 0 Å². The Balaban J connectivity index is 2.12. The van der Waals surface area contributed by atoms with Crippen LogP contribution in [0, 0.1) is 3.57 Å². The number of ketones is 1. The molecule has 114 valence electrons. The molecule has 0 radical (unpaired) electrons. The maximum absolute atomic E-state index is 11.4. The van der Waals surface area contributed by atoms with Crippen LogP contribution >= 0.6 is 22.6 Å². The van der Waals surface area contributed by atoms with Crippen molar-refractivity contribution in [1.82, 2.24) is 0 Å². The lowest BCUT2D eigenvalue weighted by molar-refractivity contribution is -0.136. The number of carboxylic acid groups (broad SMARTS) is 1. The average molecular weight is 410 g/mol. The number of rotatable bonds is 6. The van der Waals surface area contributed by atoms with Crippen LogP contribution < -0.4 is 4.74 Å². The highest BCUT2D eigenvalue weighted by Gasteiger charge is 2.09. The summed E-state index contributed by atoms with van der Waals surface area (Å²) in [6.45, 7) is 1.82. The molecule has 0 aromatic heterocycles. The minimum Gasteiger partial charge on any atom is -0.489 e. The predicted octanol–water partition coefficient (Wildman–Crippen LogP) is 3.70. The Morgan fingerprint density at radius 2 is 1.82 bits per heavy atom. The Morgan fingerprint density at radius 3 is 2.41 bits per heavy atom. The van der Waals surface area contributed by atoms with Crippen LogP contribution in [0.1, 0.15) is 28.4 Å². The molecule has 0 aliphatic rings. The van der Waals surface area contributed by atoms with Gasteiger partial charge in [-0.25, -0.2) is 0 Å². The van der Waals surface area contributed by atoms with Crippen molar-refractivity contribution in [2.45, 2.75) is 20.0 Å². The van der Waals surface area contributed by atoms with Gasteiger partial charge in [0.15, 0.2) is 5.78 Å². The quantitative estimate of drug-likeness (QED) is 0.583. The second-order valence-corrected chi connectivity index (χ2v) is 5.99. The first-order valence-corrected chi connectivity index (χ1v) is 7.77. The Hall–Kier alpha value is -1.89. The van der Waals surface area contributed by atoms with Crippen LogP contribution in [0.5, 0.6) is 5.75 Å². The van der Waals surface area contributed by atoms with Gasteiger partial charge in [-0.05, 0) is 58.8 Å². The highest BCUT2D eigenvalue weighted by molar-refractivity contribution is 14.1. The number of Topliss-reactive ketones (excluding diaryl/α,β-unsaturated/α-hetero) is 1. The summed E-state index contributed by atoms with van der Waals surface area (Å²) >= 11 is 2.10. The van der Waals surface area contributed by atoms with Crippen LogP contribution in [0.3, 0.4) is 0 Å². The molecule has 0 fully saturated rings. The lowest BCUT2D eigenvalue weighted by Crippen LogP contribution is -2.06. The van der Waals surface area contributed by atoms with Crippen molar-refractivity contribution in [1.29, 1.82) is 0 Å². The zero-order chi connectivity index (χ0) is 16.1. The van der Waals surface area contributed by atoms with Crippen LogP contribution in [-0.4, -0.2) is 16.9 Å². The van der Waals surface area contributed by atoms with Crippen molar-refractivity contribution >= 4 is 34.3 Å². The summed E-state index contributed by atoms with van der Waals surface area (Å²) in [5.41, 5.74) is 2.25. The van der Waals surface area contributed by atoms with E-state index in [0.717, 1.165) is 14.7 Å². The number of hydrogen-bond donors (Lipinski definition) is 1. The standard InChI is InChI=1S/C17H15IO4/c1-11(19)15-7-6-14(9-16(15)18)22-10-13-5-3-2-4-12(13)8-17(20)21/h2-7,9H,8,10H2,1H3,(H,20,21). The van der Waals surface area contributed by atoms with Crippen molar-refractivity contribution in [2.24, 2.45) is 0 Å². The first-order valence-electron chi connectivity index (χ1n) is 6.69. The molecule has 0 saturated heterocycles. The summed E-state index contributed by atoms with van der Waals surface area (Å²) in [6, 6.07) is 12.6. The summed E-state index contributed by atoms with van der Waals surface area (Å²) in [5, 5.41) is 8.92. The lowest BCUT2D eigenvalue weighted by Gasteiger charge is -2.11. The fraction of sp³-hybridized carbons (Fsp3) is 0.176. The molecule has 0 amide bonds. The first-order chi connectivity index (χ1) is 10.5. The monoisotopic (exact) mass is 410 g/mol. The molecule has 5 heteroatoms. The number of benzene rings is 2. The van der Waals surface area contributed by atoms with Crippen LogP contribution in [0.15, 0.2) is 42.5 Å². The van der Waals surface area contributed by atoms with E-state index >= 15 is 0 Å². The van der Waals surface area contributed by atoms with Gasteiger partial charge in [0.2, 0.25) is 0 Å². The van der Waals surface area contributed by atoms with Crippen molar-refractivity contribution in [2.75, 3.05) is 0 Å². The average Bonchev–Trinajstić information content (AvgIpc) is 2.45. The number of aliphatic carboxylic acids is 1. The summed E-state index contributed by atoms with van der Waals surface area (Å²) < 4.78 is 6.56. The highest BCUT2D eigenvalue weighted by Crippen LogP contribution is 2.22. The van der Waals surface area contributed by atoms with E-state index in [1.807, 2.05) is 18.2 Å². The molecule has 22 heavy (non-hydrogen) atoms. The minimum atomic E-state index is -0.868. The van der Waals surface area contributed by atoms with Gasteiger partial charge in [0.05, 0.1) is 6.42 Å². The first kappa shape index (κ1) is 16.5. The third kappa shape index (κ3) is 4.30. The Morgan fingerprint density at radius 1 is 1.14 bits per heavy atom. The van der Waals surface area contributed by atoms with E-state index < -0.39 is 5.97 Å². The molecule has 0 aliphatic heterocycles. The number of halogens is 1. The number of ether oxygens (including phenoxy) is 1. The molecule has 2 rings (SSSR count). The van der Waals surface area contributed by atoms with Crippen LogP contribution in [0.4, 0.5) is 0 Å². The fourth-order valence-electron chi connectivity index (χ4n) is 2.07. The molecule has 4 nitrogen and oxygen atoms in total. The van der Waals surface area contributed by atoms with Gasteiger partial charge in [-0.3, -0.25) is 9.59 Å². The van der Waals surface area contributed by atoms with Crippen molar-refractivity contribution < 1.29 is 19.4 Å². The molecule has 0 saturated carbocycles. The van der Waals surface area contributed by atoms with E-state index in [-0.39, 0.29) is 12.2 Å². The van der Waals surface area contributed by atoms with Gasteiger partial charge in [-0.1, -0.05) is 24.3 Å². The van der Waals surface area contributed by atoms with E-state index in [9.17, 15) is 9.59 Å². The van der Waals surface area contributed by atoms with Crippen LogP contribution in [-0.2, 0) is 17.8 Å². The fourth-order valence-corrected chi connectivity index (χ4v) is 2.93. The molecular formula is C17H15IO4. The smallest absolute Gasteiger partial charge is 0.307 e. The van der Waals surface area contributed by atoms with E-state index in [1.165, 1.54) is 6.92 Å². The van der Waals surface area contributed by atoms with Crippen molar-refractivity contribution in [3.8, 4) is 5.75 Å². The molecule has 0 unspecified atom stereocenters. The third-order valence-corrected chi connectivity index (χ3v) is 4.07. The van der Waals surface area contributed by atoms with Gasteiger partial charge < -0.3 is 9.84 Å². The Bertz CT molecular complexity index is 710. The zero-order valence-corrected chi connectivity index (χ0v) is 14.2. The number of hydrogen-bond acceptors (Lipinski definition) is 3. The SMILES string of the molecule is CC(=O)c1ccc(OCc2ccccc2CC(=O)O)cc1I. The highest BCUT2D eigenvalue weighted by atomic mass is 127. The second-order valence-electron chi connectivity index (χ2n) is 4.83. The number of carbonyl (C=O) groups is 2. The minimum absolute atomic E-state index is 0.0164. The molecular weight excluding hydrogens is 395 g/mol. The molecule has 1 N–H and O–H groups in total. The molecule has 0 aliphatic carbocycles. The second kappa shape index (κ2) is 7.40. The maximum Gasteiger partial charge on any atom is 0.307 e. The third-order valence-electron chi connectivity index (χ3n) is 3.17. The Kier molecular flexibility index (Phi) is 5.54. The largest absolute Gasteiger partial charge is 0.489 e. The maximum atomic E-state index is 11.4. The van der Waals surface area contributed by atoms with Gasteiger partial charge in [0.25, 0.3) is 0 Å². The topological polar surface area (TPSA) is 63.6 Å². The van der Waals surface area contributed by atoms with Crippen molar-refractivity contribution in [3.63, 3.8) is 0 Å². The molecule has 2 aromatic carbocycles. The summed E-state index contributed by atoms with van der Waals surface area (Å²) in [5.74, 6) is -0.199. The van der Waals surface area contributed by atoms with Gasteiger partial charge in [0.1, 0.15) is 12.4 Å². The predicted molar refractivity (Wildman–Crippen MR) is 91.3 cm³/mol. The lowest BCUT2D eigenvalue weighted by atomic mass is 10.1. The molecule has 0 spiro atoms. The zero-order valence-electron chi connectivity index (χ0n) is 12.0. The Labute approximate surface area is 142 Å². The molecule has 2 aromatic rings. The summed E-state index contributed by atoms with van der Waals surface area (Å²) in [4.78, 5) is 22.3.